The summed E-state index contributed by atoms with van der Waals surface area (Å²) in [5.41, 5.74) is 0. The number of aliphatic hydroxyl groups is 8. The standard InChI is InChI=1S/C13H24O10.H2O5/c14-2-4-1-5(8(17)10(19)7(4)16)22-13-12(21)11(20)9(18)6(3-15)23-13;1-3-5-4-2/h4-21H,1-3H2;1-2H/t4?,5-,6?,7-,8?,9-,10?,11+,12?,13-;/m1./s1. The highest BCUT2D eigenvalue weighted by Gasteiger charge is 2.48. The van der Waals surface area contributed by atoms with E-state index in [4.69, 9.17) is 25.1 Å². The lowest BCUT2D eigenvalue weighted by atomic mass is 9.81. The van der Waals surface area contributed by atoms with Crippen molar-refractivity contribution < 1.29 is 76.0 Å². The molecule has 0 bridgehead atoms. The van der Waals surface area contributed by atoms with Crippen LogP contribution < -0.4 is 0 Å². The van der Waals surface area contributed by atoms with Crippen LogP contribution in [0.5, 0.6) is 0 Å². The lowest BCUT2D eigenvalue weighted by molar-refractivity contribution is -0.695. The van der Waals surface area contributed by atoms with Gasteiger partial charge in [-0.1, -0.05) is 0 Å². The van der Waals surface area contributed by atoms with Crippen LogP contribution in [0, 0.1) is 5.92 Å². The number of ether oxygens (including phenoxy) is 2. The van der Waals surface area contributed by atoms with Gasteiger partial charge in [-0.2, -0.15) is 0 Å². The first kappa shape index (κ1) is 25.4. The monoisotopic (exact) mass is 422 g/mol. The molecule has 5 unspecified atom stereocenters. The SMILES string of the molecule is OCC1C[C@@H](O[C@@H]2OC(CO)[C@@H](O)[C@H](O)C2O)C(O)C(O)[C@@H]1O.OOOOO. The summed E-state index contributed by atoms with van der Waals surface area (Å²) in [6, 6.07) is 0. The Kier molecular flexibility index (Phi) is 11.1. The Morgan fingerprint density at radius 1 is 0.714 bits per heavy atom. The van der Waals surface area contributed by atoms with Crippen LogP contribution in [0.3, 0.4) is 0 Å². The average Bonchev–Trinajstić information content (AvgIpc) is 2.69. The van der Waals surface area contributed by atoms with Gasteiger partial charge >= 0.3 is 0 Å². The van der Waals surface area contributed by atoms with Crippen LogP contribution in [0.1, 0.15) is 6.42 Å². The molecule has 1 aliphatic heterocycles. The van der Waals surface area contributed by atoms with E-state index in [2.05, 4.69) is 15.1 Å². The van der Waals surface area contributed by atoms with E-state index in [0.29, 0.717) is 0 Å². The Morgan fingerprint density at radius 2 is 1.29 bits per heavy atom. The molecule has 10 N–H and O–H groups in total. The summed E-state index contributed by atoms with van der Waals surface area (Å²) in [5, 5.41) is 99.6. The van der Waals surface area contributed by atoms with Crippen molar-refractivity contribution in [1.29, 1.82) is 0 Å². The van der Waals surface area contributed by atoms with Gasteiger partial charge in [-0.25, -0.2) is 10.5 Å². The summed E-state index contributed by atoms with van der Waals surface area (Å²) in [6.45, 7) is -1.07. The summed E-state index contributed by atoms with van der Waals surface area (Å²) < 4.78 is 10.5. The Morgan fingerprint density at radius 3 is 1.75 bits per heavy atom. The highest BCUT2D eigenvalue weighted by molar-refractivity contribution is 4.95. The van der Waals surface area contributed by atoms with Gasteiger partial charge in [0.1, 0.15) is 36.6 Å². The zero-order valence-corrected chi connectivity index (χ0v) is 14.4. The lowest BCUT2D eigenvalue weighted by Crippen LogP contribution is -2.62. The highest BCUT2D eigenvalue weighted by atomic mass is 17.7. The molecule has 28 heavy (non-hydrogen) atoms. The molecule has 1 aliphatic carbocycles. The molecule has 2 fully saturated rings. The molecule has 15 nitrogen and oxygen atoms in total. The lowest BCUT2D eigenvalue weighted by Gasteiger charge is -2.44. The van der Waals surface area contributed by atoms with Gasteiger partial charge in [-0.05, 0) is 21.5 Å². The smallest absolute Gasteiger partial charge is 0.187 e. The van der Waals surface area contributed by atoms with Crippen LogP contribution in [0.4, 0.5) is 0 Å². The summed E-state index contributed by atoms with van der Waals surface area (Å²) in [6.07, 6.45) is -12.9. The molecule has 0 aromatic rings. The Balaban J connectivity index is 0.000000696. The highest BCUT2D eigenvalue weighted by Crippen LogP contribution is 2.31. The van der Waals surface area contributed by atoms with Crippen LogP contribution >= 0.6 is 0 Å². The van der Waals surface area contributed by atoms with Crippen LogP contribution in [0.2, 0.25) is 0 Å². The second kappa shape index (κ2) is 12.2. The molecule has 15 heteroatoms. The van der Waals surface area contributed by atoms with Crippen LogP contribution in [-0.4, -0.2) is 120 Å². The molecule has 1 saturated heterocycles. The van der Waals surface area contributed by atoms with Crippen molar-refractivity contribution >= 4 is 0 Å². The first-order valence-corrected chi connectivity index (χ1v) is 8.12. The van der Waals surface area contributed by atoms with E-state index in [-0.39, 0.29) is 6.42 Å². The molecule has 0 amide bonds. The van der Waals surface area contributed by atoms with E-state index < -0.39 is 74.3 Å². The van der Waals surface area contributed by atoms with E-state index in [1.807, 2.05) is 0 Å². The van der Waals surface area contributed by atoms with Gasteiger partial charge in [0, 0.05) is 12.5 Å². The number of aliphatic hydroxyl groups excluding tert-OH is 8. The van der Waals surface area contributed by atoms with Crippen LogP contribution in [0.15, 0.2) is 0 Å². The Bertz CT molecular complexity index is 387. The van der Waals surface area contributed by atoms with Crippen molar-refractivity contribution in [3.05, 3.63) is 0 Å². The predicted molar refractivity (Wildman–Crippen MR) is 80.4 cm³/mol. The summed E-state index contributed by atoms with van der Waals surface area (Å²) in [7, 11) is 0. The van der Waals surface area contributed by atoms with Gasteiger partial charge in [0.05, 0.1) is 18.8 Å². The fourth-order valence-electron chi connectivity index (χ4n) is 2.96. The van der Waals surface area contributed by atoms with Gasteiger partial charge in [0.15, 0.2) is 6.29 Å². The van der Waals surface area contributed by atoms with Crippen molar-refractivity contribution in [2.75, 3.05) is 13.2 Å². The number of rotatable bonds is 6. The summed E-state index contributed by atoms with van der Waals surface area (Å²) in [5.74, 6) is -0.747. The van der Waals surface area contributed by atoms with Gasteiger partial charge in [-0.3, -0.25) is 0 Å². The molecular weight excluding hydrogens is 396 g/mol. The third-order valence-corrected chi connectivity index (χ3v) is 4.55. The minimum Gasteiger partial charge on any atom is -0.396 e. The van der Waals surface area contributed by atoms with Crippen molar-refractivity contribution in [3.63, 3.8) is 0 Å². The summed E-state index contributed by atoms with van der Waals surface area (Å²) in [4.78, 5) is 0. The van der Waals surface area contributed by atoms with Gasteiger partial charge in [0.2, 0.25) is 0 Å². The van der Waals surface area contributed by atoms with Gasteiger partial charge in [0.25, 0.3) is 0 Å². The largest absolute Gasteiger partial charge is 0.396 e. The van der Waals surface area contributed by atoms with Crippen molar-refractivity contribution in [1.82, 2.24) is 0 Å². The zero-order valence-electron chi connectivity index (χ0n) is 14.4. The maximum absolute atomic E-state index is 9.96. The maximum Gasteiger partial charge on any atom is 0.187 e. The molecule has 168 valence electrons. The van der Waals surface area contributed by atoms with E-state index in [9.17, 15) is 35.7 Å². The second-order valence-electron chi connectivity index (χ2n) is 6.24. The molecule has 1 saturated carbocycles. The molecule has 0 aromatic carbocycles. The molecule has 10 atom stereocenters. The van der Waals surface area contributed by atoms with Gasteiger partial charge < -0.3 is 50.3 Å². The molecule has 0 radical (unpaired) electrons. The predicted octanol–water partition coefficient (Wildman–Crippen LogP) is -4.92. The fourth-order valence-corrected chi connectivity index (χ4v) is 2.96. The van der Waals surface area contributed by atoms with Gasteiger partial charge in [-0.15, -0.1) is 0 Å². The van der Waals surface area contributed by atoms with E-state index >= 15 is 0 Å². The van der Waals surface area contributed by atoms with Crippen molar-refractivity contribution in [2.45, 2.75) is 61.5 Å². The van der Waals surface area contributed by atoms with E-state index in [0.717, 1.165) is 0 Å². The first-order valence-electron chi connectivity index (χ1n) is 8.12. The van der Waals surface area contributed by atoms with Crippen LogP contribution in [0.25, 0.3) is 0 Å². The van der Waals surface area contributed by atoms with E-state index in [1.165, 1.54) is 0 Å². The minimum atomic E-state index is -1.64. The first-order chi connectivity index (χ1) is 13.2. The average molecular weight is 422 g/mol. The van der Waals surface area contributed by atoms with Crippen LogP contribution in [-0.2, 0) is 24.6 Å². The Hall–Kier alpha value is -0.600. The maximum atomic E-state index is 9.96. The topological polar surface area (TPSA) is 248 Å². The Labute approximate surface area is 157 Å². The molecule has 2 rings (SSSR count). The van der Waals surface area contributed by atoms with Crippen molar-refractivity contribution in [3.8, 4) is 0 Å². The molecule has 1 heterocycles. The third-order valence-electron chi connectivity index (χ3n) is 4.55. The molecular formula is C13H26O15. The number of hydrogen-bond donors (Lipinski definition) is 10. The minimum absolute atomic E-state index is 0.0229. The fraction of sp³-hybridized carbons (Fsp3) is 1.00. The normalized spacial score (nSPS) is 43.9. The molecule has 0 spiro atoms. The second-order valence-corrected chi connectivity index (χ2v) is 6.24. The number of hydrogen-bond acceptors (Lipinski definition) is 15. The third kappa shape index (κ3) is 6.20. The molecule has 0 aromatic heterocycles. The summed E-state index contributed by atoms with van der Waals surface area (Å²) >= 11 is 0. The quantitative estimate of drug-likeness (QED) is 0.142. The van der Waals surface area contributed by atoms with E-state index in [1.54, 1.807) is 0 Å². The molecule has 2 aliphatic rings. The van der Waals surface area contributed by atoms with Crippen molar-refractivity contribution in [2.24, 2.45) is 5.92 Å². The zero-order chi connectivity index (χ0) is 21.4.